The first kappa shape index (κ1) is 20.6. The molecule has 0 spiro atoms. The van der Waals surface area contributed by atoms with Gasteiger partial charge < -0.3 is 5.73 Å². The third-order valence-corrected chi connectivity index (χ3v) is 4.56. The molecule has 0 saturated carbocycles. The van der Waals surface area contributed by atoms with Crippen molar-refractivity contribution in [1.82, 2.24) is 9.71 Å². The molecule has 2 rings (SSSR count). The standard InChI is InChI=1S/C16H17F3N4O3S/c1-2-4-22-27(25,26)23-16-14(19)9(3-5-21-16)6-10-7-11(15(20)24)8-12(17)13(10)18/h3,5,7-8,22H,2,4,6H2,1H3,(H2,20,24)(H,21,23). The van der Waals surface area contributed by atoms with E-state index in [9.17, 15) is 26.4 Å². The van der Waals surface area contributed by atoms with Crippen LogP contribution in [0.4, 0.5) is 19.0 Å². The smallest absolute Gasteiger partial charge is 0.300 e. The first-order valence-electron chi connectivity index (χ1n) is 7.83. The van der Waals surface area contributed by atoms with E-state index < -0.39 is 45.8 Å². The van der Waals surface area contributed by atoms with Crippen molar-refractivity contribution in [1.29, 1.82) is 0 Å². The molecule has 0 aliphatic heterocycles. The number of anilines is 1. The van der Waals surface area contributed by atoms with Crippen LogP contribution in [0.25, 0.3) is 0 Å². The van der Waals surface area contributed by atoms with Gasteiger partial charge in [-0.15, -0.1) is 0 Å². The Labute approximate surface area is 154 Å². The lowest BCUT2D eigenvalue weighted by Crippen LogP contribution is -2.31. The summed E-state index contributed by atoms with van der Waals surface area (Å²) in [6.45, 7) is 1.89. The molecule has 4 N–H and O–H groups in total. The number of carbonyl (C=O) groups is 1. The fraction of sp³-hybridized carbons (Fsp3) is 0.250. The maximum atomic E-state index is 14.6. The second kappa shape index (κ2) is 8.35. The highest BCUT2D eigenvalue weighted by molar-refractivity contribution is 7.90. The third kappa shape index (κ3) is 5.17. The van der Waals surface area contributed by atoms with Crippen molar-refractivity contribution in [3.05, 3.63) is 58.5 Å². The average Bonchev–Trinajstić information content (AvgIpc) is 2.60. The van der Waals surface area contributed by atoms with E-state index in [2.05, 4.69) is 9.71 Å². The number of hydrogen-bond acceptors (Lipinski definition) is 4. The number of benzene rings is 1. The van der Waals surface area contributed by atoms with Crippen LogP contribution < -0.4 is 15.2 Å². The van der Waals surface area contributed by atoms with Crippen molar-refractivity contribution >= 4 is 21.9 Å². The molecule has 0 aliphatic carbocycles. The Morgan fingerprint density at radius 3 is 2.52 bits per heavy atom. The predicted octanol–water partition coefficient (Wildman–Crippen LogP) is 1.84. The maximum Gasteiger partial charge on any atom is 0.300 e. The highest BCUT2D eigenvalue weighted by Gasteiger charge is 2.19. The summed E-state index contributed by atoms with van der Waals surface area (Å²) in [5.74, 6) is -5.18. The lowest BCUT2D eigenvalue weighted by molar-refractivity contribution is 0.0999. The van der Waals surface area contributed by atoms with Gasteiger partial charge in [0.15, 0.2) is 23.3 Å². The quantitative estimate of drug-likeness (QED) is 0.625. The van der Waals surface area contributed by atoms with Gasteiger partial charge in [-0.3, -0.25) is 9.52 Å². The molecule has 0 radical (unpaired) electrons. The van der Waals surface area contributed by atoms with Gasteiger partial charge in [0.2, 0.25) is 5.91 Å². The Balaban J connectivity index is 2.35. The van der Waals surface area contributed by atoms with Crippen molar-refractivity contribution in [2.45, 2.75) is 19.8 Å². The van der Waals surface area contributed by atoms with E-state index in [-0.39, 0.29) is 23.2 Å². The van der Waals surface area contributed by atoms with Crippen LogP contribution in [0.3, 0.4) is 0 Å². The number of rotatable bonds is 8. The van der Waals surface area contributed by atoms with Gasteiger partial charge in [0, 0.05) is 24.7 Å². The van der Waals surface area contributed by atoms with Gasteiger partial charge in [0.25, 0.3) is 10.2 Å². The minimum Gasteiger partial charge on any atom is -0.366 e. The summed E-state index contributed by atoms with van der Waals surface area (Å²) in [7, 11) is -4.04. The number of nitrogens with zero attached hydrogens (tertiary/aromatic N) is 1. The van der Waals surface area contributed by atoms with Crippen LogP contribution in [0.15, 0.2) is 24.4 Å². The third-order valence-electron chi connectivity index (χ3n) is 3.51. The van der Waals surface area contributed by atoms with E-state index in [1.54, 1.807) is 6.92 Å². The van der Waals surface area contributed by atoms with Crippen LogP contribution in [0.1, 0.15) is 34.8 Å². The van der Waals surface area contributed by atoms with Crippen LogP contribution in [0, 0.1) is 17.5 Å². The molecule has 0 unspecified atom stereocenters. The summed E-state index contributed by atoms with van der Waals surface area (Å²) in [6.07, 6.45) is 1.19. The Bertz CT molecular complexity index is 968. The molecule has 11 heteroatoms. The van der Waals surface area contributed by atoms with Gasteiger partial charge in [-0.05, 0) is 35.7 Å². The number of halogens is 3. The average molecular weight is 402 g/mol. The molecule has 1 aromatic carbocycles. The molecule has 0 bridgehead atoms. The lowest BCUT2D eigenvalue weighted by atomic mass is 10.0. The number of amides is 1. The summed E-state index contributed by atoms with van der Waals surface area (Å²) in [4.78, 5) is 14.8. The van der Waals surface area contributed by atoms with Crippen molar-refractivity contribution in [2.75, 3.05) is 11.3 Å². The summed E-state index contributed by atoms with van der Waals surface area (Å²) in [6, 6.07) is 2.83. The predicted molar refractivity (Wildman–Crippen MR) is 92.7 cm³/mol. The number of primary amides is 1. The SMILES string of the molecule is CCCNS(=O)(=O)Nc1nccc(Cc2cc(C(N)=O)cc(F)c2F)c1F. The topological polar surface area (TPSA) is 114 Å². The van der Waals surface area contributed by atoms with Gasteiger partial charge in [-0.2, -0.15) is 13.1 Å². The maximum absolute atomic E-state index is 14.6. The van der Waals surface area contributed by atoms with Crippen molar-refractivity contribution in [2.24, 2.45) is 5.73 Å². The fourth-order valence-corrected chi connectivity index (χ4v) is 3.16. The molecule has 1 heterocycles. The van der Waals surface area contributed by atoms with Crippen LogP contribution >= 0.6 is 0 Å². The van der Waals surface area contributed by atoms with Crippen LogP contribution in [0.5, 0.6) is 0 Å². The summed E-state index contributed by atoms with van der Waals surface area (Å²) in [5, 5.41) is 0. The number of carbonyl (C=O) groups excluding carboxylic acids is 1. The number of nitrogens with one attached hydrogen (secondary N) is 2. The number of aromatic nitrogens is 1. The molecular weight excluding hydrogens is 385 g/mol. The zero-order valence-electron chi connectivity index (χ0n) is 14.2. The van der Waals surface area contributed by atoms with Crippen LogP contribution in [-0.4, -0.2) is 25.9 Å². The minimum absolute atomic E-state index is 0.140. The first-order chi connectivity index (χ1) is 12.6. The van der Waals surface area contributed by atoms with Gasteiger partial charge in [0.1, 0.15) is 0 Å². The highest BCUT2D eigenvalue weighted by atomic mass is 32.2. The fourth-order valence-electron chi connectivity index (χ4n) is 2.21. The molecule has 0 aliphatic rings. The molecule has 27 heavy (non-hydrogen) atoms. The molecule has 2 aromatic rings. The second-order valence-electron chi connectivity index (χ2n) is 5.60. The number of pyridine rings is 1. The molecule has 146 valence electrons. The van der Waals surface area contributed by atoms with E-state index in [0.29, 0.717) is 12.5 Å². The van der Waals surface area contributed by atoms with E-state index in [1.165, 1.54) is 6.07 Å². The number of nitrogens with two attached hydrogens (primary N) is 1. The summed E-state index contributed by atoms with van der Waals surface area (Å²) >= 11 is 0. The van der Waals surface area contributed by atoms with E-state index in [1.807, 2.05) is 4.72 Å². The van der Waals surface area contributed by atoms with E-state index in [0.717, 1.165) is 12.3 Å². The van der Waals surface area contributed by atoms with E-state index >= 15 is 0 Å². The zero-order valence-corrected chi connectivity index (χ0v) is 15.0. The Kier molecular flexibility index (Phi) is 6.39. The van der Waals surface area contributed by atoms with Gasteiger partial charge in [0.05, 0.1) is 0 Å². The van der Waals surface area contributed by atoms with E-state index in [4.69, 9.17) is 5.73 Å². The van der Waals surface area contributed by atoms with Gasteiger partial charge >= 0.3 is 0 Å². The summed E-state index contributed by atoms with van der Waals surface area (Å²) < 4.78 is 69.9. The Morgan fingerprint density at radius 2 is 1.89 bits per heavy atom. The number of hydrogen-bond donors (Lipinski definition) is 3. The van der Waals surface area contributed by atoms with Crippen molar-refractivity contribution < 1.29 is 26.4 Å². The molecular formula is C16H17F3N4O3S. The largest absolute Gasteiger partial charge is 0.366 e. The normalized spacial score (nSPS) is 11.4. The molecule has 0 fully saturated rings. The van der Waals surface area contributed by atoms with Crippen molar-refractivity contribution in [3.63, 3.8) is 0 Å². The van der Waals surface area contributed by atoms with Gasteiger partial charge in [-0.25, -0.2) is 18.2 Å². The highest BCUT2D eigenvalue weighted by Crippen LogP contribution is 2.23. The zero-order chi connectivity index (χ0) is 20.2. The second-order valence-corrected chi connectivity index (χ2v) is 7.10. The van der Waals surface area contributed by atoms with Crippen LogP contribution in [0.2, 0.25) is 0 Å². The summed E-state index contributed by atoms with van der Waals surface area (Å²) in [5.41, 5.74) is 4.32. The monoisotopic (exact) mass is 402 g/mol. The van der Waals surface area contributed by atoms with Gasteiger partial charge in [-0.1, -0.05) is 6.92 Å². The molecule has 1 amide bonds. The molecule has 0 atom stereocenters. The first-order valence-corrected chi connectivity index (χ1v) is 9.31. The Hall–Kier alpha value is -2.66. The Morgan fingerprint density at radius 1 is 1.19 bits per heavy atom. The molecule has 0 saturated heterocycles. The molecule has 1 aromatic heterocycles. The lowest BCUT2D eigenvalue weighted by Gasteiger charge is -2.12. The molecule has 7 nitrogen and oxygen atoms in total. The van der Waals surface area contributed by atoms with Crippen molar-refractivity contribution in [3.8, 4) is 0 Å². The minimum atomic E-state index is -4.04. The van der Waals surface area contributed by atoms with Crippen LogP contribution in [-0.2, 0) is 16.6 Å².